The van der Waals surface area contributed by atoms with Gasteiger partial charge in [-0.25, -0.2) is 9.59 Å². The number of nitrogens with one attached hydrogen (secondary N) is 1. The van der Waals surface area contributed by atoms with Crippen molar-refractivity contribution in [3.8, 4) is 16.9 Å². The predicted octanol–water partition coefficient (Wildman–Crippen LogP) is 8.46. The number of ether oxygens (including phenoxy) is 2. The third-order valence-electron chi connectivity index (χ3n) is 8.66. The molecule has 4 aromatic carbocycles. The van der Waals surface area contributed by atoms with Crippen molar-refractivity contribution in [1.82, 2.24) is 5.32 Å². The number of benzene rings is 4. The van der Waals surface area contributed by atoms with Gasteiger partial charge in [0.2, 0.25) is 5.91 Å². The van der Waals surface area contributed by atoms with E-state index in [2.05, 4.69) is 65.1 Å². The third kappa shape index (κ3) is 11.1. The van der Waals surface area contributed by atoms with Gasteiger partial charge in [-0.05, 0) is 95.2 Å². The van der Waals surface area contributed by atoms with Gasteiger partial charge in [-0.3, -0.25) is 10.1 Å². The number of rotatable bonds is 13. The molecule has 0 heterocycles. The molecule has 0 saturated carbocycles. The van der Waals surface area contributed by atoms with Crippen LogP contribution in [0.4, 0.5) is 0 Å². The lowest BCUT2D eigenvalue weighted by molar-refractivity contribution is -0.141. The maximum Gasteiger partial charge on any atom is 0.345 e. The fourth-order valence-electron chi connectivity index (χ4n) is 5.69. The molecule has 0 aliphatic heterocycles. The van der Waals surface area contributed by atoms with Crippen LogP contribution in [0.3, 0.4) is 0 Å². The summed E-state index contributed by atoms with van der Waals surface area (Å²) in [6.07, 6.45) is 0.715. The molecule has 7 nitrogen and oxygen atoms in total. The quantitative estimate of drug-likeness (QED) is 0.109. The average Bonchev–Trinajstić information content (AvgIpc) is 3.05. The first-order valence-electron chi connectivity index (χ1n) is 17.2. The van der Waals surface area contributed by atoms with Gasteiger partial charge < -0.3 is 15.2 Å². The molecule has 0 aliphatic carbocycles. The van der Waals surface area contributed by atoms with E-state index in [1.54, 1.807) is 12.1 Å². The van der Waals surface area contributed by atoms with E-state index >= 15 is 0 Å². The zero-order chi connectivity index (χ0) is 36.7. The van der Waals surface area contributed by atoms with Gasteiger partial charge in [-0.1, -0.05) is 114 Å². The van der Waals surface area contributed by atoms with Crippen LogP contribution in [0, 0.1) is 0 Å². The highest BCUT2D eigenvalue weighted by Gasteiger charge is 2.30. The molecular formula is C43H52N2O5. The molecule has 0 fully saturated rings. The Labute approximate surface area is 297 Å². The van der Waals surface area contributed by atoms with E-state index in [1.165, 1.54) is 11.1 Å². The minimum absolute atomic E-state index is 0.00835. The van der Waals surface area contributed by atoms with E-state index in [0.717, 1.165) is 28.0 Å². The number of esters is 2. The second kappa shape index (κ2) is 15.9. The zero-order valence-corrected chi connectivity index (χ0v) is 30.8. The normalized spacial score (nSPS) is 12.6. The molecule has 0 aliphatic rings. The smallest absolute Gasteiger partial charge is 0.345 e. The number of nitrogens with two attached hydrogens (primary N) is 1. The van der Waals surface area contributed by atoms with Gasteiger partial charge >= 0.3 is 11.9 Å². The second-order valence-corrected chi connectivity index (χ2v) is 15.8. The third-order valence-corrected chi connectivity index (χ3v) is 8.66. The topological polar surface area (TPSA) is 108 Å². The fourth-order valence-corrected chi connectivity index (χ4v) is 5.69. The van der Waals surface area contributed by atoms with E-state index < -0.39 is 29.4 Å². The van der Waals surface area contributed by atoms with Gasteiger partial charge in [0.1, 0.15) is 18.4 Å². The van der Waals surface area contributed by atoms with Crippen molar-refractivity contribution in [2.45, 2.75) is 104 Å². The molecule has 0 spiro atoms. The molecule has 4 rings (SSSR count). The highest BCUT2D eigenvalue weighted by molar-refractivity contribution is 5.98. The lowest BCUT2D eigenvalue weighted by Crippen LogP contribution is -2.51. The van der Waals surface area contributed by atoms with E-state index in [1.807, 2.05) is 80.6 Å². The Morgan fingerprint density at radius 1 is 0.700 bits per heavy atom. The molecule has 3 N–H and O–H groups in total. The summed E-state index contributed by atoms with van der Waals surface area (Å²) in [6.45, 7) is 17.6. The highest BCUT2D eigenvalue weighted by Crippen LogP contribution is 2.33. The second-order valence-electron chi connectivity index (χ2n) is 15.8. The summed E-state index contributed by atoms with van der Waals surface area (Å²) in [5.74, 6) is -1.18. The van der Waals surface area contributed by atoms with Gasteiger partial charge in [0.05, 0.1) is 5.56 Å². The molecule has 0 radical (unpaired) electrons. The monoisotopic (exact) mass is 676 g/mol. The van der Waals surface area contributed by atoms with Crippen LogP contribution < -0.4 is 15.8 Å². The van der Waals surface area contributed by atoms with Crippen molar-refractivity contribution in [2.75, 3.05) is 0 Å². The number of amides is 1. The van der Waals surface area contributed by atoms with Crippen LogP contribution in [-0.4, -0.2) is 29.4 Å². The van der Waals surface area contributed by atoms with E-state index in [-0.39, 0.29) is 29.2 Å². The summed E-state index contributed by atoms with van der Waals surface area (Å²) in [4.78, 5) is 37.7. The maximum atomic E-state index is 13.2. The standard InChI is InChI=1S/C43H52N2O5/c1-41(2,3)34-24-35(42(4,5)6)26-36(25-34)49-28-30-14-16-31(17-15-30)32-18-20-33(21-19-32)39(47)50-40(48)37(22-23-38(44)46)45-43(7,8)27-29-12-10-9-11-13-29/h9-21,24-26,37,45H,22-23,27-28H2,1-8H3,(H2,44,46)/t37-/m0/s1. The van der Waals surface area contributed by atoms with Crippen LogP contribution in [0.5, 0.6) is 5.75 Å². The van der Waals surface area contributed by atoms with Crippen LogP contribution in [0.15, 0.2) is 97.1 Å². The summed E-state index contributed by atoms with van der Waals surface area (Å²) >= 11 is 0. The Morgan fingerprint density at radius 2 is 1.24 bits per heavy atom. The molecule has 0 saturated heterocycles. The number of carbonyl (C=O) groups excluding carboxylic acids is 3. The minimum atomic E-state index is -0.894. The van der Waals surface area contributed by atoms with Gasteiger partial charge in [0.15, 0.2) is 0 Å². The van der Waals surface area contributed by atoms with Gasteiger partial charge in [0.25, 0.3) is 0 Å². The Hall–Kier alpha value is -4.75. The summed E-state index contributed by atoms with van der Waals surface area (Å²) in [7, 11) is 0. The van der Waals surface area contributed by atoms with Crippen LogP contribution >= 0.6 is 0 Å². The first kappa shape index (κ1) is 38.1. The van der Waals surface area contributed by atoms with Gasteiger partial charge in [-0.15, -0.1) is 0 Å². The molecule has 7 heteroatoms. The SMILES string of the molecule is CC(C)(Cc1ccccc1)N[C@@H](CCC(N)=O)C(=O)OC(=O)c1ccc(-c2ccc(COc3cc(C(C)(C)C)cc(C(C)(C)C)c3)cc2)cc1. The van der Waals surface area contributed by atoms with Crippen LogP contribution in [0.2, 0.25) is 0 Å². The molecule has 4 aromatic rings. The molecule has 0 unspecified atom stereocenters. The zero-order valence-electron chi connectivity index (χ0n) is 30.8. The van der Waals surface area contributed by atoms with Crippen molar-refractivity contribution in [3.05, 3.63) is 125 Å². The van der Waals surface area contributed by atoms with Crippen LogP contribution in [-0.2, 0) is 38.2 Å². The lowest BCUT2D eigenvalue weighted by Gasteiger charge is -2.31. The van der Waals surface area contributed by atoms with Crippen molar-refractivity contribution in [3.63, 3.8) is 0 Å². The Morgan fingerprint density at radius 3 is 1.76 bits per heavy atom. The summed E-state index contributed by atoms with van der Waals surface area (Å²) in [5.41, 5.74) is 11.6. The van der Waals surface area contributed by atoms with Crippen molar-refractivity contribution >= 4 is 17.8 Å². The Kier molecular flexibility index (Phi) is 12.1. The van der Waals surface area contributed by atoms with Crippen LogP contribution in [0.1, 0.15) is 101 Å². The van der Waals surface area contributed by atoms with Crippen molar-refractivity contribution < 1.29 is 23.9 Å². The molecule has 0 aromatic heterocycles. The molecule has 50 heavy (non-hydrogen) atoms. The number of hydrogen-bond acceptors (Lipinski definition) is 6. The first-order valence-corrected chi connectivity index (χ1v) is 17.2. The van der Waals surface area contributed by atoms with Crippen molar-refractivity contribution in [2.24, 2.45) is 5.73 Å². The average molecular weight is 677 g/mol. The van der Waals surface area contributed by atoms with E-state index in [0.29, 0.717) is 13.0 Å². The number of hydrogen-bond donors (Lipinski definition) is 2. The van der Waals surface area contributed by atoms with Crippen LogP contribution in [0.25, 0.3) is 11.1 Å². The highest BCUT2D eigenvalue weighted by atomic mass is 16.6. The molecule has 0 bridgehead atoms. The van der Waals surface area contributed by atoms with Gasteiger partial charge in [-0.2, -0.15) is 0 Å². The molecule has 1 amide bonds. The van der Waals surface area contributed by atoms with E-state index in [4.69, 9.17) is 15.2 Å². The molecular weight excluding hydrogens is 624 g/mol. The molecule has 264 valence electrons. The Bertz CT molecular complexity index is 1730. The predicted molar refractivity (Wildman–Crippen MR) is 200 cm³/mol. The van der Waals surface area contributed by atoms with Crippen molar-refractivity contribution in [1.29, 1.82) is 0 Å². The Balaban J connectivity index is 1.38. The largest absolute Gasteiger partial charge is 0.489 e. The lowest BCUT2D eigenvalue weighted by atomic mass is 9.80. The number of carbonyl (C=O) groups is 3. The van der Waals surface area contributed by atoms with E-state index in [9.17, 15) is 14.4 Å². The summed E-state index contributed by atoms with van der Waals surface area (Å²) in [5, 5.41) is 3.28. The molecule has 1 atom stereocenters. The summed E-state index contributed by atoms with van der Waals surface area (Å²) < 4.78 is 11.6. The number of primary amides is 1. The minimum Gasteiger partial charge on any atom is -0.489 e. The maximum absolute atomic E-state index is 13.2. The summed E-state index contributed by atoms with van der Waals surface area (Å²) in [6, 6.07) is 30.6. The first-order chi connectivity index (χ1) is 23.4. The fraction of sp³-hybridized carbons (Fsp3) is 0.372. The van der Waals surface area contributed by atoms with Gasteiger partial charge in [0, 0.05) is 12.0 Å².